The fourth-order valence-electron chi connectivity index (χ4n) is 3.45. The minimum absolute atomic E-state index is 0.302. The van der Waals surface area contributed by atoms with Crippen molar-refractivity contribution in [1.29, 1.82) is 5.26 Å². The zero-order valence-corrected chi connectivity index (χ0v) is 17.9. The lowest BCUT2D eigenvalue weighted by Gasteiger charge is -2.10. The van der Waals surface area contributed by atoms with Crippen molar-refractivity contribution >= 4 is 0 Å². The summed E-state index contributed by atoms with van der Waals surface area (Å²) in [5.41, 5.74) is 3.16. The molecular weight excluding hydrogens is 390 g/mol. The van der Waals surface area contributed by atoms with E-state index in [1.165, 1.54) is 0 Å². The van der Waals surface area contributed by atoms with Crippen LogP contribution in [0.2, 0.25) is 0 Å². The summed E-state index contributed by atoms with van der Waals surface area (Å²) in [5, 5.41) is 28.3. The molecule has 1 N–H and O–H groups in total. The number of H-pyrrole nitrogens is 1. The van der Waals surface area contributed by atoms with Gasteiger partial charge < -0.3 is 4.57 Å². The molecule has 0 amide bonds. The second-order valence-corrected chi connectivity index (χ2v) is 7.76. The zero-order chi connectivity index (χ0) is 21.8. The third kappa shape index (κ3) is 4.23. The Morgan fingerprint density at radius 1 is 1.16 bits per heavy atom. The van der Waals surface area contributed by atoms with Crippen molar-refractivity contribution in [2.45, 2.75) is 52.5 Å². The van der Waals surface area contributed by atoms with Gasteiger partial charge in [-0.3, -0.25) is 0 Å². The van der Waals surface area contributed by atoms with E-state index in [9.17, 15) is 5.26 Å². The van der Waals surface area contributed by atoms with Crippen LogP contribution in [-0.4, -0.2) is 40.0 Å². The highest BCUT2D eigenvalue weighted by Gasteiger charge is 2.17. The number of aryl methyl sites for hydroxylation is 1. The summed E-state index contributed by atoms with van der Waals surface area (Å²) in [6.07, 6.45) is 5.00. The van der Waals surface area contributed by atoms with Crippen LogP contribution in [-0.2, 0) is 13.0 Å². The summed E-state index contributed by atoms with van der Waals surface area (Å²) in [4.78, 5) is 4.76. The molecule has 3 aromatic heterocycles. The Kier molecular flexibility index (Phi) is 5.89. The molecule has 1 aromatic carbocycles. The number of unbranched alkanes of at least 4 members (excludes halogenated alkanes) is 1. The zero-order valence-electron chi connectivity index (χ0n) is 17.9. The van der Waals surface area contributed by atoms with E-state index in [1.807, 2.05) is 27.6 Å². The number of tetrazole rings is 1. The largest absolute Gasteiger partial charge is 0.313 e. The first-order chi connectivity index (χ1) is 15.1. The lowest BCUT2D eigenvalue weighted by atomic mass is 10.2. The highest BCUT2D eigenvalue weighted by molar-refractivity contribution is 5.64. The van der Waals surface area contributed by atoms with Crippen LogP contribution in [0.25, 0.3) is 17.2 Å². The first-order valence-electron chi connectivity index (χ1n) is 10.5. The van der Waals surface area contributed by atoms with Gasteiger partial charge in [-0.2, -0.15) is 15.6 Å². The number of nitriles is 1. The first-order valence-corrected chi connectivity index (χ1v) is 10.5. The standard InChI is InChI=1S/C22H25N9/c1-4-5-6-19-24-21(15(2)3)27-31(19)14-16-7-9-18(10-8-16)30-12-11-17(13-23)20(30)22-25-28-29-26-22/h7-12,15H,4-6,14H2,1-3H3,(H,25,26,28,29). The molecule has 4 aromatic rings. The predicted molar refractivity (Wildman–Crippen MR) is 115 cm³/mol. The van der Waals surface area contributed by atoms with Crippen LogP contribution < -0.4 is 0 Å². The van der Waals surface area contributed by atoms with Crippen molar-refractivity contribution in [3.05, 3.63) is 59.3 Å². The van der Waals surface area contributed by atoms with Crippen LogP contribution >= 0.6 is 0 Å². The van der Waals surface area contributed by atoms with Crippen LogP contribution in [0, 0.1) is 11.3 Å². The van der Waals surface area contributed by atoms with Gasteiger partial charge in [-0.25, -0.2) is 9.67 Å². The maximum absolute atomic E-state index is 9.45. The molecule has 0 spiro atoms. The van der Waals surface area contributed by atoms with Crippen molar-refractivity contribution in [3.8, 4) is 23.3 Å². The van der Waals surface area contributed by atoms with Crippen molar-refractivity contribution in [1.82, 2.24) is 40.0 Å². The van der Waals surface area contributed by atoms with Gasteiger partial charge in [0.1, 0.15) is 17.6 Å². The fourth-order valence-corrected chi connectivity index (χ4v) is 3.45. The Morgan fingerprint density at radius 3 is 2.61 bits per heavy atom. The van der Waals surface area contributed by atoms with Gasteiger partial charge in [0.25, 0.3) is 0 Å². The monoisotopic (exact) mass is 415 g/mol. The van der Waals surface area contributed by atoms with Crippen LogP contribution in [0.3, 0.4) is 0 Å². The molecular formula is C22H25N9. The highest BCUT2D eigenvalue weighted by atomic mass is 15.5. The predicted octanol–water partition coefficient (Wildman–Crippen LogP) is 3.63. The Labute approximate surface area is 180 Å². The molecule has 0 atom stereocenters. The molecule has 9 nitrogen and oxygen atoms in total. The molecule has 31 heavy (non-hydrogen) atoms. The van der Waals surface area contributed by atoms with E-state index in [2.05, 4.69) is 59.6 Å². The maximum atomic E-state index is 9.45. The molecule has 0 bridgehead atoms. The minimum Gasteiger partial charge on any atom is -0.313 e. The topological polar surface area (TPSA) is 114 Å². The molecule has 0 unspecified atom stereocenters. The Morgan fingerprint density at radius 2 is 1.97 bits per heavy atom. The number of hydrogen-bond donors (Lipinski definition) is 1. The smallest absolute Gasteiger partial charge is 0.222 e. The third-order valence-corrected chi connectivity index (χ3v) is 5.15. The van der Waals surface area contributed by atoms with Crippen molar-refractivity contribution < 1.29 is 0 Å². The van der Waals surface area contributed by atoms with Gasteiger partial charge in [-0.15, -0.1) is 10.2 Å². The number of benzene rings is 1. The van der Waals surface area contributed by atoms with Gasteiger partial charge in [-0.05, 0) is 35.4 Å². The van der Waals surface area contributed by atoms with E-state index in [4.69, 9.17) is 10.1 Å². The van der Waals surface area contributed by atoms with Crippen LogP contribution in [0.15, 0.2) is 36.5 Å². The van der Waals surface area contributed by atoms with E-state index in [0.29, 0.717) is 29.5 Å². The Balaban J connectivity index is 1.61. The summed E-state index contributed by atoms with van der Waals surface area (Å²) in [5.74, 6) is 2.62. The number of hydrogen-bond acceptors (Lipinski definition) is 6. The quantitative estimate of drug-likeness (QED) is 0.470. The summed E-state index contributed by atoms with van der Waals surface area (Å²) in [6.45, 7) is 7.09. The second kappa shape index (κ2) is 8.92. The van der Waals surface area contributed by atoms with Gasteiger partial charge in [0.05, 0.1) is 12.1 Å². The molecule has 0 saturated heterocycles. The number of nitrogens with zero attached hydrogens (tertiary/aromatic N) is 8. The van der Waals surface area contributed by atoms with Gasteiger partial charge in [0.15, 0.2) is 5.82 Å². The van der Waals surface area contributed by atoms with E-state index in [-0.39, 0.29) is 0 Å². The lowest BCUT2D eigenvalue weighted by Crippen LogP contribution is -2.07. The van der Waals surface area contributed by atoms with Gasteiger partial charge in [0.2, 0.25) is 5.82 Å². The van der Waals surface area contributed by atoms with Crippen LogP contribution in [0.1, 0.15) is 62.3 Å². The van der Waals surface area contributed by atoms with Crippen LogP contribution in [0.5, 0.6) is 0 Å². The molecule has 158 valence electrons. The molecule has 0 aliphatic heterocycles. The molecule has 0 fully saturated rings. The lowest BCUT2D eigenvalue weighted by molar-refractivity contribution is 0.610. The summed E-state index contributed by atoms with van der Waals surface area (Å²) in [6, 6.07) is 12.1. The summed E-state index contributed by atoms with van der Waals surface area (Å²) in [7, 11) is 0. The average molecular weight is 416 g/mol. The van der Waals surface area contributed by atoms with E-state index in [0.717, 1.165) is 42.2 Å². The van der Waals surface area contributed by atoms with Gasteiger partial charge in [0, 0.05) is 24.2 Å². The van der Waals surface area contributed by atoms with Crippen molar-refractivity contribution in [2.24, 2.45) is 0 Å². The van der Waals surface area contributed by atoms with Crippen LogP contribution in [0.4, 0.5) is 0 Å². The molecule has 9 heteroatoms. The van der Waals surface area contributed by atoms with E-state index >= 15 is 0 Å². The summed E-state index contributed by atoms with van der Waals surface area (Å²) < 4.78 is 3.92. The fraction of sp³-hybridized carbons (Fsp3) is 0.364. The maximum Gasteiger partial charge on any atom is 0.222 e. The SMILES string of the molecule is CCCCc1nc(C(C)C)nn1Cc1ccc(-n2ccc(C#N)c2-c2nn[nH]n2)cc1. The number of rotatable bonds is 8. The first kappa shape index (κ1) is 20.5. The van der Waals surface area contributed by atoms with Gasteiger partial charge >= 0.3 is 0 Å². The average Bonchev–Trinajstić information content (AvgIpc) is 3.52. The second-order valence-electron chi connectivity index (χ2n) is 7.76. The number of aromatic amines is 1. The molecule has 0 aliphatic carbocycles. The summed E-state index contributed by atoms with van der Waals surface area (Å²) >= 11 is 0. The van der Waals surface area contributed by atoms with Crippen molar-refractivity contribution in [3.63, 3.8) is 0 Å². The molecule has 3 heterocycles. The third-order valence-electron chi connectivity index (χ3n) is 5.15. The highest BCUT2D eigenvalue weighted by Crippen LogP contribution is 2.25. The molecule has 0 aliphatic rings. The number of nitrogens with one attached hydrogen (secondary N) is 1. The molecule has 0 saturated carbocycles. The normalized spacial score (nSPS) is 11.2. The van der Waals surface area contributed by atoms with E-state index < -0.39 is 0 Å². The Hall–Kier alpha value is -3.80. The van der Waals surface area contributed by atoms with Gasteiger partial charge in [-0.1, -0.05) is 39.3 Å². The van der Waals surface area contributed by atoms with E-state index in [1.54, 1.807) is 6.07 Å². The molecule has 0 radical (unpaired) electrons. The minimum atomic E-state index is 0.302. The van der Waals surface area contributed by atoms with Crippen molar-refractivity contribution in [2.75, 3.05) is 0 Å². The molecule has 4 rings (SSSR count). The Bertz CT molecular complexity index is 1180. The number of aromatic nitrogens is 8.